The monoisotopic (exact) mass is 159 g/mol. The molecule has 3 heteroatoms. The Morgan fingerprint density at radius 1 is 1.08 bits per heavy atom. The Morgan fingerprint density at radius 3 is 2.67 bits per heavy atom. The molecule has 2 aromatic heterocycles. The molecule has 0 aliphatic heterocycles. The van der Waals surface area contributed by atoms with Gasteiger partial charge in [-0.1, -0.05) is 0 Å². The molecule has 0 atom stereocenters. The molecule has 0 aliphatic rings. The average Bonchev–Trinajstić information content (AvgIpc) is 2.07. The van der Waals surface area contributed by atoms with E-state index in [1.54, 1.807) is 12.4 Å². The summed E-state index contributed by atoms with van der Waals surface area (Å²) < 4.78 is 0. The van der Waals surface area contributed by atoms with Gasteiger partial charge in [0.1, 0.15) is 5.52 Å². The number of fused-ring (bicyclic) bond motifs is 1. The van der Waals surface area contributed by atoms with Crippen molar-refractivity contribution in [3.63, 3.8) is 0 Å². The molecule has 0 saturated heterocycles. The van der Waals surface area contributed by atoms with Gasteiger partial charge in [-0.3, -0.25) is 4.98 Å². The van der Waals surface area contributed by atoms with Crippen LogP contribution in [0.1, 0.15) is 11.1 Å². The summed E-state index contributed by atoms with van der Waals surface area (Å²) in [5, 5.41) is 7.91. The molecule has 2 heterocycles. The van der Waals surface area contributed by atoms with Crippen LogP contribution in [0.25, 0.3) is 11.0 Å². The minimum Gasteiger partial charge on any atom is -0.254 e. The van der Waals surface area contributed by atoms with Crippen molar-refractivity contribution in [2.45, 2.75) is 13.8 Å². The molecule has 0 aromatic carbocycles. The number of aryl methyl sites for hydroxylation is 2. The lowest BCUT2D eigenvalue weighted by atomic mass is 10.2. The van der Waals surface area contributed by atoms with Crippen molar-refractivity contribution in [2.75, 3.05) is 0 Å². The van der Waals surface area contributed by atoms with E-state index in [1.807, 2.05) is 19.9 Å². The fourth-order valence-corrected chi connectivity index (χ4v) is 1.20. The van der Waals surface area contributed by atoms with Crippen LogP contribution in [0.2, 0.25) is 0 Å². The molecule has 0 unspecified atom stereocenters. The van der Waals surface area contributed by atoms with Crippen LogP contribution in [0.15, 0.2) is 18.5 Å². The molecule has 12 heavy (non-hydrogen) atoms. The van der Waals surface area contributed by atoms with E-state index in [0.29, 0.717) is 0 Å². The van der Waals surface area contributed by atoms with Crippen LogP contribution < -0.4 is 0 Å². The summed E-state index contributed by atoms with van der Waals surface area (Å²) in [6.07, 6.45) is 3.53. The molecule has 0 fully saturated rings. The summed E-state index contributed by atoms with van der Waals surface area (Å²) in [5.74, 6) is 0. The van der Waals surface area contributed by atoms with Gasteiger partial charge in [0, 0.05) is 6.20 Å². The van der Waals surface area contributed by atoms with Crippen LogP contribution in [0.3, 0.4) is 0 Å². The predicted octanol–water partition coefficient (Wildman–Crippen LogP) is 1.64. The summed E-state index contributed by atoms with van der Waals surface area (Å²) >= 11 is 0. The molecule has 2 rings (SSSR count). The zero-order valence-electron chi connectivity index (χ0n) is 7.07. The van der Waals surface area contributed by atoms with Crippen molar-refractivity contribution in [1.82, 2.24) is 15.2 Å². The Hall–Kier alpha value is -1.51. The highest BCUT2D eigenvalue weighted by molar-refractivity contribution is 5.79. The van der Waals surface area contributed by atoms with Crippen LogP contribution in [0.4, 0.5) is 0 Å². The fraction of sp³-hybridized carbons (Fsp3) is 0.222. The lowest BCUT2D eigenvalue weighted by Gasteiger charge is -2.00. The molecule has 3 nitrogen and oxygen atoms in total. The molecule has 0 spiro atoms. The minimum absolute atomic E-state index is 0.900. The van der Waals surface area contributed by atoms with Crippen LogP contribution in [-0.4, -0.2) is 15.2 Å². The van der Waals surface area contributed by atoms with Gasteiger partial charge in [-0.15, -0.1) is 5.10 Å². The van der Waals surface area contributed by atoms with Crippen LogP contribution in [-0.2, 0) is 0 Å². The predicted molar refractivity (Wildman–Crippen MR) is 46.8 cm³/mol. The van der Waals surface area contributed by atoms with Crippen LogP contribution >= 0.6 is 0 Å². The highest BCUT2D eigenvalue weighted by Gasteiger charge is 2.01. The summed E-state index contributed by atoms with van der Waals surface area (Å²) in [6, 6.07) is 1.94. The second-order valence-electron chi connectivity index (χ2n) is 2.85. The SMILES string of the molecule is Cc1cnnc2c(C)ccnc12. The first kappa shape index (κ1) is 7.16. The first-order valence-electron chi connectivity index (χ1n) is 3.82. The van der Waals surface area contributed by atoms with Gasteiger partial charge in [-0.2, -0.15) is 5.10 Å². The topological polar surface area (TPSA) is 38.7 Å². The second-order valence-corrected chi connectivity index (χ2v) is 2.85. The van der Waals surface area contributed by atoms with Gasteiger partial charge in [0.2, 0.25) is 0 Å². The van der Waals surface area contributed by atoms with Gasteiger partial charge in [0.05, 0.1) is 11.7 Å². The Kier molecular flexibility index (Phi) is 1.50. The Morgan fingerprint density at radius 2 is 1.92 bits per heavy atom. The summed E-state index contributed by atoms with van der Waals surface area (Å²) in [6.45, 7) is 4.00. The number of nitrogens with zero attached hydrogens (tertiary/aromatic N) is 3. The molecular formula is C9H9N3. The smallest absolute Gasteiger partial charge is 0.115 e. The quantitative estimate of drug-likeness (QED) is 0.586. The van der Waals surface area contributed by atoms with Crippen LogP contribution in [0.5, 0.6) is 0 Å². The number of rotatable bonds is 0. The molecule has 60 valence electrons. The summed E-state index contributed by atoms with van der Waals surface area (Å²) in [4.78, 5) is 4.24. The lowest BCUT2D eigenvalue weighted by Crippen LogP contribution is -1.91. The van der Waals surface area contributed by atoms with Crippen molar-refractivity contribution in [2.24, 2.45) is 0 Å². The zero-order valence-corrected chi connectivity index (χ0v) is 7.07. The molecule has 2 aromatic rings. The van der Waals surface area contributed by atoms with Gasteiger partial charge in [0.15, 0.2) is 0 Å². The van der Waals surface area contributed by atoms with Crippen LogP contribution in [0, 0.1) is 13.8 Å². The Balaban J connectivity index is 2.94. The van der Waals surface area contributed by atoms with Crippen molar-refractivity contribution >= 4 is 11.0 Å². The van der Waals surface area contributed by atoms with Gasteiger partial charge in [-0.25, -0.2) is 0 Å². The third-order valence-corrected chi connectivity index (χ3v) is 1.91. The maximum Gasteiger partial charge on any atom is 0.115 e. The number of hydrogen-bond donors (Lipinski definition) is 0. The highest BCUT2D eigenvalue weighted by Crippen LogP contribution is 2.14. The van der Waals surface area contributed by atoms with Gasteiger partial charge in [0.25, 0.3) is 0 Å². The van der Waals surface area contributed by atoms with E-state index >= 15 is 0 Å². The van der Waals surface area contributed by atoms with E-state index in [0.717, 1.165) is 22.2 Å². The maximum atomic E-state index is 4.24. The molecule has 0 saturated carbocycles. The maximum absolute atomic E-state index is 4.24. The van der Waals surface area contributed by atoms with Crippen molar-refractivity contribution < 1.29 is 0 Å². The lowest BCUT2D eigenvalue weighted by molar-refractivity contribution is 1.05. The third kappa shape index (κ3) is 0.942. The van der Waals surface area contributed by atoms with E-state index in [-0.39, 0.29) is 0 Å². The first-order chi connectivity index (χ1) is 5.79. The third-order valence-electron chi connectivity index (χ3n) is 1.91. The standard InChI is InChI=1S/C9H9N3/c1-6-3-4-10-8-7(2)5-11-12-9(6)8/h3-5H,1-2H3. The Bertz CT molecular complexity index is 382. The average molecular weight is 159 g/mol. The molecule has 0 bridgehead atoms. The van der Waals surface area contributed by atoms with E-state index < -0.39 is 0 Å². The van der Waals surface area contributed by atoms with E-state index in [1.165, 1.54) is 0 Å². The zero-order chi connectivity index (χ0) is 8.55. The van der Waals surface area contributed by atoms with E-state index in [9.17, 15) is 0 Å². The Labute approximate surface area is 70.5 Å². The van der Waals surface area contributed by atoms with Gasteiger partial charge in [-0.05, 0) is 31.0 Å². The molecular weight excluding hydrogens is 150 g/mol. The molecule has 0 aliphatic carbocycles. The first-order valence-corrected chi connectivity index (χ1v) is 3.82. The number of hydrogen-bond acceptors (Lipinski definition) is 3. The minimum atomic E-state index is 0.900. The molecule has 0 radical (unpaired) electrons. The largest absolute Gasteiger partial charge is 0.254 e. The summed E-state index contributed by atoms with van der Waals surface area (Å²) in [7, 11) is 0. The highest BCUT2D eigenvalue weighted by atomic mass is 15.1. The number of pyridine rings is 1. The van der Waals surface area contributed by atoms with Crippen molar-refractivity contribution in [1.29, 1.82) is 0 Å². The van der Waals surface area contributed by atoms with Gasteiger partial charge < -0.3 is 0 Å². The van der Waals surface area contributed by atoms with E-state index in [2.05, 4.69) is 15.2 Å². The molecule has 0 N–H and O–H groups in total. The fourth-order valence-electron chi connectivity index (χ4n) is 1.20. The molecule has 0 amide bonds. The van der Waals surface area contributed by atoms with Gasteiger partial charge >= 0.3 is 0 Å². The summed E-state index contributed by atoms with van der Waals surface area (Å²) in [5.41, 5.74) is 4.04. The van der Waals surface area contributed by atoms with Crippen molar-refractivity contribution in [3.8, 4) is 0 Å². The van der Waals surface area contributed by atoms with E-state index in [4.69, 9.17) is 0 Å². The second kappa shape index (κ2) is 2.52. The normalized spacial score (nSPS) is 10.5. The number of aromatic nitrogens is 3. The van der Waals surface area contributed by atoms with Crippen molar-refractivity contribution in [3.05, 3.63) is 29.6 Å².